The molecule has 2 nitrogen and oxygen atoms in total. The van der Waals surface area contributed by atoms with Gasteiger partial charge in [0.15, 0.2) is 0 Å². The third-order valence-corrected chi connectivity index (χ3v) is 2.82. The largest absolute Gasteiger partial charge is 0.493 e. The Labute approximate surface area is 109 Å². The third kappa shape index (κ3) is 4.65. The van der Waals surface area contributed by atoms with Crippen molar-refractivity contribution in [3.63, 3.8) is 0 Å². The Bertz CT molecular complexity index is 375. The van der Waals surface area contributed by atoms with Crippen molar-refractivity contribution in [2.75, 3.05) is 6.61 Å². The number of aliphatic hydroxyl groups is 1. The van der Waals surface area contributed by atoms with Crippen LogP contribution < -0.4 is 4.74 Å². The predicted octanol–water partition coefficient (Wildman–Crippen LogP) is 3.94. The lowest BCUT2D eigenvalue weighted by Crippen LogP contribution is -2.12. The number of halogens is 1. The van der Waals surface area contributed by atoms with Crippen LogP contribution in [0, 0.1) is 17.7 Å². The van der Waals surface area contributed by atoms with Gasteiger partial charge in [-0.25, -0.2) is 4.39 Å². The number of ether oxygens (including phenoxy) is 1. The second-order valence-electron chi connectivity index (χ2n) is 5.40. The lowest BCUT2D eigenvalue weighted by molar-refractivity contribution is 0.184. The van der Waals surface area contributed by atoms with E-state index in [4.69, 9.17) is 4.74 Å². The Morgan fingerprint density at radius 1 is 1.22 bits per heavy atom. The van der Waals surface area contributed by atoms with E-state index in [1.807, 2.05) is 0 Å². The van der Waals surface area contributed by atoms with E-state index in [0.717, 1.165) is 6.42 Å². The Morgan fingerprint density at radius 3 is 2.44 bits per heavy atom. The Kier molecular flexibility index (Phi) is 5.60. The van der Waals surface area contributed by atoms with Gasteiger partial charge in [-0.15, -0.1) is 0 Å². The average molecular weight is 254 g/mol. The van der Waals surface area contributed by atoms with Crippen molar-refractivity contribution < 1.29 is 14.2 Å². The Morgan fingerprint density at radius 2 is 1.89 bits per heavy atom. The summed E-state index contributed by atoms with van der Waals surface area (Å²) in [6, 6.07) is 4.26. The minimum atomic E-state index is -0.726. The maximum atomic E-state index is 13.1. The van der Waals surface area contributed by atoms with Crippen molar-refractivity contribution in [1.82, 2.24) is 0 Å². The summed E-state index contributed by atoms with van der Waals surface area (Å²) in [5, 5.41) is 9.59. The summed E-state index contributed by atoms with van der Waals surface area (Å²) in [4.78, 5) is 0. The topological polar surface area (TPSA) is 29.5 Å². The van der Waals surface area contributed by atoms with E-state index in [1.54, 1.807) is 13.0 Å². The first-order chi connectivity index (χ1) is 8.40. The van der Waals surface area contributed by atoms with E-state index in [9.17, 15) is 9.50 Å². The molecule has 0 saturated heterocycles. The van der Waals surface area contributed by atoms with Crippen LogP contribution in [0.2, 0.25) is 0 Å². The fraction of sp³-hybridized carbons (Fsp3) is 0.600. The molecule has 0 bridgehead atoms. The molecule has 2 atom stereocenters. The van der Waals surface area contributed by atoms with Crippen molar-refractivity contribution in [3.05, 3.63) is 29.6 Å². The lowest BCUT2D eigenvalue weighted by atomic mass is 10.00. The monoisotopic (exact) mass is 254 g/mol. The van der Waals surface area contributed by atoms with Gasteiger partial charge in [-0.3, -0.25) is 0 Å². The summed E-state index contributed by atoms with van der Waals surface area (Å²) >= 11 is 0. The second-order valence-corrected chi connectivity index (χ2v) is 5.40. The van der Waals surface area contributed by atoms with Crippen molar-refractivity contribution in [1.29, 1.82) is 0 Å². The summed E-state index contributed by atoms with van der Waals surface area (Å²) in [6.45, 7) is 8.68. The summed E-state index contributed by atoms with van der Waals surface area (Å²) in [6.07, 6.45) is 0.363. The Balaban J connectivity index is 2.67. The molecule has 0 aliphatic rings. The first-order valence-electron chi connectivity index (χ1n) is 6.50. The lowest BCUT2D eigenvalue weighted by Gasteiger charge is -2.18. The minimum Gasteiger partial charge on any atom is -0.493 e. The van der Waals surface area contributed by atoms with Crippen LogP contribution in [0.1, 0.15) is 45.8 Å². The molecule has 102 valence electrons. The van der Waals surface area contributed by atoms with E-state index >= 15 is 0 Å². The number of aliphatic hydroxyl groups excluding tert-OH is 1. The van der Waals surface area contributed by atoms with Crippen molar-refractivity contribution >= 4 is 0 Å². The molecule has 1 aromatic rings. The molecule has 1 rings (SSSR count). The van der Waals surface area contributed by atoms with Gasteiger partial charge in [0, 0.05) is 5.56 Å². The highest BCUT2D eigenvalue weighted by Gasteiger charge is 2.12. The van der Waals surface area contributed by atoms with E-state index in [2.05, 4.69) is 20.8 Å². The van der Waals surface area contributed by atoms with Gasteiger partial charge >= 0.3 is 0 Å². The van der Waals surface area contributed by atoms with E-state index in [1.165, 1.54) is 12.1 Å². The number of benzene rings is 1. The summed E-state index contributed by atoms with van der Waals surface area (Å²) < 4.78 is 18.8. The molecular formula is C15H23FO2. The highest BCUT2D eigenvalue weighted by Crippen LogP contribution is 2.26. The second kappa shape index (κ2) is 6.74. The minimum absolute atomic E-state index is 0.353. The van der Waals surface area contributed by atoms with Crippen LogP contribution in [0.5, 0.6) is 5.75 Å². The van der Waals surface area contributed by atoms with Crippen LogP contribution in [-0.4, -0.2) is 11.7 Å². The fourth-order valence-electron chi connectivity index (χ4n) is 2.08. The number of rotatable bonds is 6. The van der Waals surface area contributed by atoms with Gasteiger partial charge in [-0.1, -0.05) is 20.8 Å². The van der Waals surface area contributed by atoms with Gasteiger partial charge in [-0.05, 0) is 43.4 Å². The van der Waals surface area contributed by atoms with Gasteiger partial charge in [0.2, 0.25) is 0 Å². The van der Waals surface area contributed by atoms with Crippen LogP contribution in [0.15, 0.2) is 18.2 Å². The van der Waals surface area contributed by atoms with Crippen LogP contribution >= 0.6 is 0 Å². The zero-order chi connectivity index (χ0) is 13.7. The standard InChI is InChI=1S/C15H23FO2/c1-10(2)7-11(3)9-18-15-6-5-13(16)8-14(15)12(4)17/h5-6,8,10-12,17H,7,9H2,1-4H3/t11?,12-/m1/s1. The normalized spacial score (nSPS) is 14.6. The molecule has 1 unspecified atom stereocenters. The summed E-state index contributed by atoms with van der Waals surface area (Å²) in [5.41, 5.74) is 0.506. The molecule has 18 heavy (non-hydrogen) atoms. The molecule has 0 radical (unpaired) electrons. The molecule has 1 N–H and O–H groups in total. The molecule has 0 spiro atoms. The quantitative estimate of drug-likeness (QED) is 0.833. The molecule has 0 heterocycles. The van der Waals surface area contributed by atoms with Gasteiger partial charge in [0.05, 0.1) is 12.7 Å². The van der Waals surface area contributed by atoms with Crippen LogP contribution in [0.3, 0.4) is 0 Å². The molecule has 0 aliphatic carbocycles. The third-order valence-electron chi connectivity index (χ3n) is 2.82. The van der Waals surface area contributed by atoms with E-state index in [0.29, 0.717) is 29.8 Å². The first-order valence-corrected chi connectivity index (χ1v) is 6.50. The van der Waals surface area contributed by atoms with E-state index < -0.39 is 6.10 Å². The maximum Gasteiger partial charge on any atom is 0.125 e. The predicted molar refractivity (Wildman–Crippen MR) is 71.1 cm³/mol. The van der Waals surface area contributed by atoms with Gasteiger partial charge in [0.25, 0.3) is 0 Å². The molecule has 0 amide bonds. The van der Waals surface area contributed by atoms with Gasteiger partial charge < -0.3 is 9.84 Å². The summed E-state index contributed by atoms with van der Waals surface area (Å²) in [5.74, 6) is 1.29. The van der Waals surface area contributed by atoms with Crippen molar-refractivity contribution in [2.24, 2.45) is 11.8 Å². The van der Waals surface area contributed by atoms with E-state index in [-0.39, 0.29) is 5.82 Å². The highest BCUT2D eigenvalue weighted by molar-refractivity contribution is 5.35. The van der Waals surface area contributed by atoms with Crippen LogP contribution in [-0.2, 0) is 0 Å². The number of hydrogen-bond acceptors (Lipinski definition) is 2. The van der Waals surface area contributed by atoms with Crippen molar-refractivity contribution in [3.8, 4) is 5.75 Å². The molecule has 0 saturated carbocycles. The highest BCUT2D eigenvalue weighted by atomic mass is 19.1. The Hall–Kier alpha value is -1.09. The zero-order valence-corrected chi connectivity index (χ0v) is 11.6. The average Bonchev–Trinajstić information content (AvgIpc) is 2.26. The van der Waals surface area contributed by atoms with Crippen LogP contribution in [0.4, 0.5) is 4.39 Å². The van der Waals surface area contributed by atoms with Crippen molar-refractivity contribution in [2.45, 2.75) is 40.2 Å². The molecular weight excluding hydrogens is 231 g/mol. The SMILES string of the molecule is CC(C)CC(C)COc1ccc(F)cc1[C@@H](C)O. The molecule has 0 fully saturated rings. The molecule has 3 heteroatoms. The number of hydrogen-bond donors (Lipinski definition) is 1. The maximum absolute atomic E-state index is 13.1. The van der Waals surface area contributed by atoms with Crippen LogP contribution in [0.25, 0.3) is 0 Å². The zero-order valence-electron chi connectivity index (χ0n) is 11.6. The fourth-order valence-corrected chi connectivity index (χ4v) is 2.08. The molecule has 0 aliphatic heterocycles. The molecule has 1 aromatic carbocycles. The summed E-state index contributed by atoms with van der Waals surface area (Å²) in [7, 11) is 0. The van der Waals surface area contributed by atoms with Gasteiger partial charge in [0.1, 0.15) is 11.6 Å². The smallest absolute Gasteiger partial charge is 0.125 e. The van der Waals surface area contributed by atoms with Gasteiger partial charge in [-0.2, -0.15) is 0 Å². The molecule has 0 aromatic heterocycles. The first kappa shape index (κ1) is 15.0.